The average molecular weight is 178 g/mol. The Labute approximate surface area is 80.5 Å². The Morgan fingerprint density at radius 1 is 1.38 bits per heavy atom. The molecule has 2 rings (SSSR count). The molecule has 1 nitrogen and oxygen atoms in total. The molecule has 0 aromatic rings. The van der Waals surface area contributed by atoms with E-state index in [9.17, 15) is 0 Å². The molecule has 13 heavy (non-hydrogen) atoms. The lowest BCUT2D eigenvalue weighted by atomic mass is 9.68. The van der Waals surface area contributed by atoms with Crippen LogP contribution in [-0.2, 0) is 4.74 Å². The van der Waals surface area contributed by atoms with Gasteiger partial charge in [-0.25, -0.2) is 0 Å². The summed E-state index contributed by atoms with van der Waals surface area (Å²) in [4.78, 5) is 0. The van der Waals surface area contributed by atoms with E-state index in [2.05, 4.69) is 19.1 Å². The number of hydrogen-bond acceptors (Lipinski definition) is 1. The van der Waals surface area contributed by atoms with Gasteiger partial charge in [0.25, 0.3) is 0 Å². The summed E-state index contributed by atoms with van der Waals surface area (Å²) in [5, 5.41) is 0. The third-order valence-corrected chi connectivity index (χ3v) is 3.50. The Hall–Kier alpha value is -0.720. The summed E-state index contributed by atoms with van der Waals surface area (Å²) in [5.74, 6) is 1.16. The number of ether oxygens (including phenoxy) is 1. The summed E-state index contributed by atoms with van der Waals surface area (Å²) >= 11 is 0. The molecule has 0 aromatic heterocycles. The van der Waals surface area contributed by atoms with E-state index in [1.807, 2.05) is 0 Å². The molecule has 0 N–H and O–H groups in total. The van der Waals surface area contributed by atoms with Crippen LogP contribution in [-0.4, -0.2) is 7.11 Å². The fourth-order valence-electron chi connectivity index (χ4n) is 2.45. The molecule has 0 aromatic carbocycles. The van der Waals surface area contributed by atoms with Gasteiger partial charge in [0, 0.05) is 6.42 Å². The van der Waals surface area contributed by atoms with Crippen molar-refractivity contribution < 1.29 is 4.74 Å². The average Bonchev–Trinajstić information content (AvgIpc) is 2.16. The molecule has 0 spiro atoms. The van der Waals surface area contributed by atoms with Crippen molar-refractivity contribution in [1.29, 1.82) is 0 Å². The van der Waals surface area contributed by atoms with E-state index < -0.39 is 0 Å². The molecule has 2 aliphatic rings. The molecule has 0 amide bonds. The molecule has 72 valence electrons. The number of allylic oxidation sites excluding steroid dienone is 4. The highest BCUT2D eigenvalue weighted by molar-refractivity contribution is 5.32. The van der Waals surface area contributed by atoms with E-state index in [0.717, 1.165) is 12.2 Å². The van der Waals surface area contributed by atoms with Crippen molar-refractivity contribution in [2.75, 3.05) is 7.11 Å². The summed E-state index contributed by atoms with van der Waals surface area (Å²) in [6, 6.07) is 0. The van der Waals surface area contributed by atoms with E-state index >= 15 is 0 Å². The van der Waals surface area contributed by atoms with Crippen LogP contribution in [0.15, 0.2) is 23.5 Å². The van der Waals surface area contributed by atoms with Crippen LogP contribution in [0, 0.1) is 5.41 Å². The molecule has 0 radical (unpaired) electrons. The monoisotopic (exact) mass is 178 g/mol. The molecule has 0 saturated carbocycles. The Morgan fingerprint density at radius 2 is 2.23 bits per heavy atom. The molecule has 0 aliphatic heterocycles. The van der Waals surface area contributed by atoms with Crippen LogP contribution in [0.4, 0.5) is 0 Å². The maximum atomic E-state index is 5.31. The van der Waals surface area contributed by atoms with Gasteiger partial charge in [0.05, 0.1) is 12.9 Å². The zero-order chi connectivity index (χ0) is 9.31. The minimum Gasteiger partial charge on any atom is -0.501 e. The highest BCUT2D eigenvalue weighted by Crippen LogP contribution is 2.45. The molecular weight excluding hydrogens is 160 g/mol. The Bertz CT molecular complexity index is 262. The van der Waals surface area contributed by atoms with Crippen LogP contribution < -0.4 is 0 Å². The lowest BCUT2D eigenvalue weighted by Gasteiger charge is -2.37. The standard InChI is InChI=1S/C12H18O/c1-12-7-4-3-5-10(12)9-11(13-2)6-8-12/h5,9H,3-4,6-8H2,1-2H3/t12-/m0/s1. The summed E-state index contributed by atoms with van der Waals surface area (Å²) < 4.78 is 5.31. The third-order valence-electron chi connectivity index (χ3n) is 3.50. The fraction of sp³-hybridized carbons (Fsp3) is 0.667. The first kappa shape index (κ1) is 8.86. The number of fused-ring (bicyclic) bond motifs is 1. The smallest absolute Gasteiger partial charge is 0.0958 e. The van der Waals surface area contributed by atoms with Crippen LogP contribution >= 0.6 is 0 Å². The molecule has 0 heterocycles. The van der Waals surface area contributed by atoms with Gasteiger partial charge >= 0.3 is 0 Å². The first-order chi connectivity index (χ1) is 6.24. The quantitative estimate of drug-likeness (QED) is 0.597. The minimum atomic E-state index is 0.459. The van der Waals surface area contributed by atoms with E-state index in [-0.39, 0.29) is 0 Å². The molecule has 1 atom stereocenters. The number of methoxy groups -OCH3 is 1. The number of rotatable bonds is 1. The predicted octanol–water partition coefficient (Wildman–Crippen LogP) is 3.43. The Kier molecular flexibility index (Phi) is 2.19. The second kappa shape index (κ2) is 3.21. The highest BCUT2D eigenvalue weighted by Gasteiger charge is 2.32. The van der Waals surface area contributed by atoms with Gasteiger partial charge in [0.1, 0.15) is 0 Å². The molecule has 0 unspecified atom stereocenters. The predicted molar refractivity (Wildman–Crippen MR) is 54.4 cm³/mol. The van der Waals surface area contributed by atoms with Gasteiger partial charge in [-0.1, -0.05) is 13.0 Å². The largest absolute Gasteiger partial charge is 0.501 e. The van der Waals surface area contributed by atoms with Crippen molar-refractivity contribution >= 4 is 0 Å². The van der Waals surface area contributed by atoms with Gasteiger partial charge in [-0.3, -0.25) is 0 Å². The first-order valence-electron chi connectivity index (χ1n) is 5.20. The minimum absolute atomic E-state index is 0.459. The second-order valence-corrected chi connectivity index (χ2v) is 4.43. The SMILES string of the molecule is COC1=CC2=CCCC[C@@]2(C)CC1. The van der Waals surface area contributed by atoms with Crippen LogP contribution in [0.5, 0.6) is 0 Å². The van der Waals surface area contributed by atoms with Crippen molar-refractivity contribution in [3.63, 3.8) is 0 Å². The topological polar surface area (TPSA) is 9.23 Å². The Balaban J connectivity index is 2.29. The number of hydrogen-bond donors (Lipinski definition) is 0. The third kappa shape index (κ3) is 1.52. The zero-order valence-electron chi connectivity index (χ0n) is 8.60. The maximum absolute atomic E-state index is 5.31. The summed E-state index contributed by atoms with van der Waals surface area (Å²) in [5.41, 5.74) is 1.97. The molecule has 0 bridgehead atoms. The maximum Gasteiger partial charge on any atom is 0.0958 e. The van der Waals surface area contributed by atoms with Gasteiger partial charge in [-0.2, -0.15) is 0 Å². The van der Waals surface area contributed by atoms with Crippen molar-refractivity contribution in [3.05, 3.63) is 23.5 Å². The summed E-state index contributed by atoms with van der Waals surface area (Å²) in [6.07, 6.45) is 11.0. The van der Waals surface area contributed by atoms with Crippen LogP contribution in [0.2, 0.25) is 0 Å². The van der Waals surface area contributed by atoms with Gasteiger partial charge in [0.2, 0.25) is 0 Å². The van der Waals surface area contributed by atoms with E-state index in [4.69, 9.17) is 4.74 Å². The van der Waals surface area contributed by atoms with Crippen molar-refractivity contribution in [2.45, 2.75) is 39.0 Å². The molecule has 2 aliphatic carbocycles. The zero-order valence-corrected chi connectivity index (χ0v) is 8.60. The molecule has 0 saturated heterocycles. The van der Waals surface area contributed by atoms with Crippen LogP contribution in [0.3, 0.4) is 0 Å². The Morgan fingerprint density at radius 3 is 3.00 bits per heavy atom. The van der Waals surface area contributed by atoms with Crippen LogP contribution in [0.1, 0.15) is 39.0 Å². The normalized spacial score (nSPS) is 33.1. The van der Waals surface area contributed by atoms with E-state index in [0.29, 0.717) is 5.41 Å². The molecule has 1 heteroatoms. The van der Waals surface area contributed by atoms with Gasteiger partial charge < -0.3 is 4.74 Å². The second-order valence-electron chi connectivity index (χ2n) is 4.43. The molecular formula is C12H18O. The van der Waals surface area contributed by atoms with E-state index in [1.165, 1.54) is 31.3 Å². The van der Waals surface area contributed by atoms with Crippen molar-refractivity contribution in [3.8, 4) is 0 Å². The van der Waals surface area contributed by atoms with Crippen LogP contribution in [0.25, 0.3) is 0 Å². The van der Waals surface area contributed by atoms with Gasteiger partial charge in [0.15, 0.2) is 0 Å². The molecule has 0 fully saturated rings. The van der Waals surface area contributed by atoms with E-state index in [1.54, 1.807) is 7.11 Å². The lowest BCUT2D eigenvalue weighted by molar-refractivity contribution is 0.229. The van der Waals surface area contributed by atoms with Crippen molar-refractivity contribution in [1.82, 2.24) is 0 Å². The lowest BCUT2D eigenvalue weighted by Crippen LogP contribution is -2.24. The fourth-order valence-corrected chi connectivity index (χ4v) is 2.45. The highest BCUT2D eigenvalue weighted by atomic mass is 16.5. The summed E-state index contributed by atoms with van der Waals surface area (Å²) in [7, 11) is 1.78. The van der Waals surface area contributed by atoms with Gasteiger partial charge in [-0.15, -0.1) is 0 Å². The summed E-state index contributed by atoms with van der Waals surface area (Å²) in [6.45, 7) is 2.39. The van der Waals surface area contributed by atoms with Crippen molar-refractivity contribution in [2.24, 2.45) is 5.41 Å². The first-order valence-corrected chi connectivity index (χ1v) is 5.20. The van der Waals surface area contributed by atoms with Gasteiger partial charge in [-0.05, 0) is 42.7 Å².